The fourth-order valence-corrected chi connectivity index (χ4v) is 5.01. The van der Waals surface area contributed by atoms with Crippen LogP contribution in [0.3, 0.4) is 0 Å². The van der Waals surface area contributed by atoms with E-state index in [0.717, 1.165) is 19.1 Å². The molecule has 1 spiro atoms. The number of nitrogens with two attached hydrogens (primary N) is 1. The summed E-state index contributed by atoms with van der Waals surface area (Å²) in [6.07, 6.45) is 11.1. The Labute approximate surface area is 144 Å². The van der Waals surface area contributed by atoms with E-state index < -0.39 is 0 Å². The second-order valence-electron chi connectivity index (χ2n) is 7.33. The van der Waals surface area contributed by atoms with E-state index in [-0.39, 0.29) is 24.0 Å². The van der Waals surface area contributed by atoms with E-state index in [9.17, 15) is 0 Å². The van der Waals surface area contributed by atoms with Gasteiger partial charge in [-0.2, -0.15) is 0 Å². The molecule has 4 rings (SSSR count). The SMILES string of the molecule is I.NC(=NCC1CCC1)NC1C2CCOC2C12CCCC2. The van der Waals surface area contributed by atoms with Crippen molar-refractivity contribution in [2.75, 3.05) is 13.2 Å². The second kappa shape index (κ2) is 6.22. The molecule has 21 heavy (non-hydrogen) atoms. The number of hydrogen-bond acceptors (Lipinski definition) is 2. The number of nitrogens with one attached hydrogen (secondary N) is 1. The molecule has 0 aromatic carbocycles. The number of guanidine groups is 1. The third-order valence-electron chi connectivity index (χ3n) is 6.33. The van der Waals surface area contributed by atoms with E-state index in [2.05, 4.69) is 10.3 Å². The summed E-state index contributed by atoms with van der Waals surface area (Å²) in [6.45, 7) is 1.86. The van der Waals surface area contributed by atoms with Crippen molar-refractivity contribution in [3.63, 3.8) is 0 Å². The Morgan fingerprint density at radius 3 is 2.62 bits per heavy atom. The van der Waals surface area contributed by atoms with Gasteiger partial charge in [0.25, 0.3) is 0 Å². The molecule has 0 aromatic heterocycles. The summed E-state index contributed by atoms with van der Waals surface area (Å²) in [5.74, 6) is 2.14. The topological polar surface area (TPSA) is 59.6 Å². The van der Waals surface area contributed by atoms with E-state index >= 15 is 0 Å². The first-order chi connectivity index (χ1) is 9.79. The maximum absolute atomic E-state index is 6.14. The first kappa shape index (κ1) is 15.8. The van der Waals surface area contributed by atoms with Gasteiger partial charge in [0.05, 0.1) is 6.10 Å². The summed E-state index contributed by atoms with van der Waals surface area (Å²) in [5, 5.41) is 3.57. The Hall–Kier alpha value is -0.0400. The minimum absolute atomic E-state index is 0. The van der Waals surface area contributed by atoms with Crippen molar-refractivity contribution in [3.05, 3.63) is 0 Å². The Kier molecular flexibility index (Phi) is 4.69. The second-order valence-corrected chi connectivity index (χ2v) is 7.33. The van der Waals surface area contributed by atoms with Crippen LogP contribution < -0.4 is 11.1 Å². The fraction of sp³-hybridized carbons (Fsp3) is 0.938. The molecule has 4 fully saturated rings. The molecule has 4 aliphatic rings. The van der Waals surface area contributed by atoms with Gasteiger partial charge in [0.2, 0.25) is 0 Å². The van der Waals surface area contributed by atoms with Gasteiger partial charge in [0.15, 0.2) is 5.96 Å². The van der Waals surface area contributed by atoms with Gasteiger partial charge in [-0.15, -0.1) is 24.0 Å². The van der Waals surface area contributed by atoms with Crippen LogP contribution >= 0.6 is 24.0 Å². The van der Waals surface area contributed by atoms with Crippen LogP contribution in [0.1, 0.15) is 51.4 Å². The van der Waals surface area contributed by atoms with Crippen molar-refractivity contribution in [1.29, 1.82) is 0 Å². The van der Waals surface area contributed by atoms with Crippen LogP contribution in [-0.2, 0) is 4.74 Å². The summed E-state index contributed by atoms with van der Waals surface area (Å²) in [4.78, 5) is 4.58. The van der Waals surface area contributed by atoms with Crippen LogP contribution in [0.15, 0.2) is 4.99 Å². The lowest BCUT2D eigenvalue weighted by Gasteiger charge is -2.57. The van der Waals surface area contributed by atoms with Crippen molar-refractivity contribution in [2.24, 2.45) is 28.0 Å². The van der Waals surface area contributed by atoms with Crippen LogP contribution in [-0.4, -0.2) is 31.3 Å². The quantitative estimate of drug-likeness (QED) is 0.431. The molecule has 4 nitrogen and oxygen atoms in total. The molecule has 3 aliphatic carbocycles. The number of fused-ring (bicyclic) bond motifs is 2. The third kappa shape index (κ3) is 2.58. The maximum Gasteiger partial charge on any atom is 0.188 e. The van der Waals surface area contributed by atoms with Crippen LogP contribution in [0.2, 0.25) is 0 Å². The average Bonchev–Trinajstić information content (AvgIpc) is 3.02. The lowest BCUT2D eigenvalue weighted by Crippen LogP contribution is -2.69. The minimum Gasteiger partial charge on any atom is -0.377 e. The van der Waals surface area contributed by atoms with E-state index in [4.69, 9.17) is 10.5 Å². The summed E-state index contributed by atoms with van der Waals surface area (Å²) < 4.78 is 6.01. The maximum atomic E-state index is 6.14. The zero-order valence-corrected chi connectivity index (χ0v) is 15.1. The average molecular weight is 405 g/mol. The lowest BCUT2D eigenvalue weighted by molar-refractivity contribution is -0.124. The molecule has 1 saturated heterocycles. The van der Waals surface area contributed by atoms with Crippen LogP contribution in [0.4, 0.5) is 0 Å². The molecule has 3 unspecified atom stereocenters. The minimum atomic E-state index is 0. The first-order valence-corrected chi connectivity index (χ1v) is 8.48. The van der Waals surface area contributed by atoms with Crippen molar-refractivity contribution in [1.82, 2.24) is 5.32 Å². The van der Waals surface area contributed by atoms with E-state index in [1.807, 2.05) is 0 Å². The molecular formula is C16H28IN3O. The largest absolute Gasteiger partial charge is 0.377 e. The Morgan fingerprint density at radius 1 is 1.19 bits per heavy atom. The normalized spacial score (nSPS) is 37.5. The molecule has 3 saturated carbocycles. The van der Waals surface area contributed by atoms with Gasteiger partial charge < -0.3 is 15.8 Å². The lowest BCUT2D eigenvalue weighted by atomic mass is 9.54. The number of halogens is 1. The van der Waals surface area contributed by atoms with Crippen molar-refractivity contribution < 1.29 is 4.74 Å². The highest BCUT2D eigenvalue weighted by Gasteiger charge is 2.65. The van der Waals surface area contributed by atoms with Gasteiger partial charge in [0, 0.05) is 30.5 Å². The Bertz CT molecular complexity index is 404. The number of aliphatic imine (C=N–C) groups is 1. The zero-order chi connectivity index (χ0) is 13.6. The monoisotopic (exact) mass is 405 g/mol. The summed E-state index contributed by atoms with van der Waals surface area (Å²) in [6, 6.07) is 0.516. The molecule has 1 aliphatic heterocycles. The van der Waals surface area contributed by atoms with Gasteiger partial charge in [-0.05, 0) is 38.0 Å². The number of ether oxygens (including phenoxy) is 1. The van der Waals surface area contributed by atoms with Crippen molar-refractivity contribution in [2.45, 2.75) is 63.5 Å². The van der Waals surface area contributed by atoms with Gasteiger partial charge in [0.1, 0.15) is 0 Å². The molecular weight excluding hydrogens is 377 g/mol. The molecule has 0 aromatic rings. The Morgan fingerprint density at radius 2 is 1.95 bits per heavy atom. The van der Waals surface area contributed by atoms with E-state index in [1.54, 1.807) is 0 Å². The molecule has 1 heterocycles. The van der Waals surface area contributed by atoms with Gasteiger partial charge in [-0.3, -0.25) is 4.99 Å². The molecule has 5 heteroatoms. The van der Waals surface area contributed by atoms with Gasteiger partial charge in [-0.1, -0.05) is 19.3 Å². The molecule has 0 bridgehead atoms. The number of nitrogens with zero attached hydrogens (tertiary/aromatic N) is 1. The zero-order valence-electron chi connectivity index (χ0n) is 12.7. The highest BCUT2D eigenvalue weighted by atomic mass is 127. The molecule has 0 amide bonds. The summed E-state index contributed by atoms with van der Waals surface area (Å²) in [5.41, 5.74) is 6.52. The predicted molar refractivity (Wildman–Crippen MR) is 94.9 cm³/mol. The summed E-state index contributed by atoms with van der Waals surface area (Å²) >= 11 is 0. The van der Waals surface area contributed by atoms with Crippen LogP contribution in [0.5, 0.6) is 0 Å². The van der Waals surface area contributed by atoms with E-state index in [0.29, 0.717) is 29.4 Å². The van der Waals surface area contributed by atoms with Crippen molar-refractivity contribution in [3.8, 4) is 0 Å². The van der Waals surface area contributed by atoms with E-state index in [1.165, 1.54) is 51.4 Å². The van der Waals surface area contributed by atoms with Gasteiger partial charge >= 0.3 is 0 Å². The molecule has 0 radical (unpaired) electrons. The highest BCUT2D eigenvalue weighted by molar-refractivity contribution is 14.0. The molecule has 120 valence electrons. The van der Waals surface area contributed by atoms with Crippen LogP contribution in [0, 0.1) is 17.3 Å². The third-order valence-corrected chi connectivity index (χ3v) is 6.33. The molecule has 3 N–H and O–H groups in total. The van der Waals surface area contributed by atoms with Crippen LogP contribution in [0.25, 0.3) is 0 Å². The Balaban J connectivity index is 0.00000132. The van der Waals surface area contributed by atoms with Gasteiger partial charge in [-0.25, -0.2) is 0 Å². The summed E-state index contributed by atoms with van der Waals surface area (Å²) in [7, 11) is 0. The standard InChI is InChI=1S/C16H27N3O.HI/c17-15(18-10-11-4-3-5-11)19-13-12-6-9-20-14(12)16(13)7-1-2-8-16;/h11-14H,1-10H2,(H3,17,18,19);1H. The predicted octanol–water partition coefficient (Wildman–Crippen LogP) is 2.66. The number of rotatable bonds is 3. The first-order valence-electron chi connectivity index (χ1n) is 8.48. The highest BCUT2D eigenvalue weighted by Crippen LogP contribution is 2.60. The molecule has 3 atom stereocenters. The number of hydrogen-bond donors (Lipinski definition) is 2. The smallest absolute Gasteiger partial charge is 0.188 e. The fourth-order valence-electron chi connectivity index (χ4n) is 5.01. The van der Waals surface area contributed by atoms with Crippen molar-refractivity contribution >= 4 is 29.9 Å².